The van der Waals surface area contributed by atoms with Crippen molar-refractivity contribution in [3.63, 3.8) is 0 Å². The Kier molecular flexibility index (Phi) is 7.75. The van der Waals surface area contributed by atoms with E-state index in [1.165, 1.54) is 11.1 Å². The summed E-state index contributed by atoms with van der Waals surface area (Å²) in [5.74, 6) is -0.282. The van der Waals surface area contributed by atoms with Gasteiger partial charge in [0.1, 0.15) is 6.54 Å². The third kappa shape index (κ3) is 7.09. The summed E-state index contributed by atoms with van der Waals surface area (Å²) >= 11 is 5.15. The van der Waals surface area contributed by atoms with E-state index in [0.717, 1.165) is 24.9 Å². The van der Waals surface area contributed by atoms with E-state index in [1.807, 2.05) is 25.1 Å². The molecule has 0 atom stereocenters. The van der Waals surface area contributed by atoms with Gasteiger partial charge in [-0.25, -0.2) is 0 Å². The second kappa shape index (κ2) is 9.34. The molecule has 0 heterocycles. The van der Waals surface area contributed by atoms with Gasteiger partial charge in [0, 0.05) is 5.69 Å². The molecular weight excluding hydrogens is 284 g/mol. The molecule has 116 valence electrons. The number of carbonyl (C=O) groups is 1. The molecular formula is C16H24N2O2S. The molecule has 2 N–H and O–H groups in total. The molecule has 0 spiro atoms. The third-order valence-electron chi connectivity index (χ3n) is 3.17. The molecule has 0 saturated heterocycles. The number of esters is 1. The highest BCUT2D eigenvalue weighted by Crippen LogP contribution is 2.13. The van der Waals surface area contributed by atoms with Crippen LogP contribution in [0.3, 0.4) is 0 Å². The molecule has 0 radical (unpaired) electrons. The number of rotatable bonds is 7. The minimum atomic E-state index is -0.282. The molecule has 0 aliphatic rings. The Morgan fingerprint density at radius 2 is 2.00 bits per heavy atom. The maximum Gasteiger partial charge on any atom is 0.325 e. The number of anilines is 1. The van der Waals surface area contributed by atoms with Crippen molar-refractivity contribution in [1.82, 2.24) is 5.32 Å². The molecule has 1 aromatic rings. The summed E-state index contributed by atoms with van der Waals surface area (Å²) in [5.41, 5.74) is 3.33. The fourth-order valence-corrected chi connectivity index (χ4v) is 1.93. The normalized spacial score (nSPS) is 10.0. The summed E-state index contributed by atoms with van der Waals surface area (Å²) in [5, 5.41) is 6.33. The van der Waals surface area contributed by atoms with Gasteiger partial charge in [-0.3, -0.25) is 4.79 Å². The second-order valence-corrected chi connectivity index (χ2v) is 5.44. The van der Waals surface area contributed by atoms with Gasteiger partial charge in [-0.15, -0.1) is 0 Å². The van der Waals surface area contributed by atoms with E-state index in [4.69, 9.17) is 17.0 Å². The standard InChI is InChI=1S/C16H24N2O2S/c1-4-5-6-9-20-15(19)11-17-16(21)18-14-8-7-12(2)13(3)10-14/h7-8,10H,4-6,9,11H2,1-3H3,(H2,17,18,21). The third-order valence-corrected chi connectivity index (χ3v) is 3.42. The number of unbranched alkanes of at least 4 members (excludes halogenated alkanes) is 2. The molecule has 0 aromatic heterocycles. The zero-order valence-electron chi connectivity index (χ0n) is 13.0. The summed E-state index contributed by atoms with van der Waals surface area (Å²) in [4.78, 5) is 11.5. The first kappa shape index (κ1) is 17.4. The first-order valence-corrected chi connectivity index (χ1v) is 7.71. The van der Waals surface area contributed by atoms with Crippen molar-refractivity contribution >= 4 is 29.0 Å². The van der Waals surface area contributed by atoms with Crippen LogP contribution in [-0.4, -0.2) is 24.2 Å². The van der Waals surface area contributed by atoms with Crippen LogP contribution in [0.15, 0.2) is 18.2 Å². The topological polar surface area (TPSA) is 50.4 Å². The Morgan fingerprint density at radius 1 is 1.24 bits per heavy atom. The van der Waals surface area contributed by atoms with Crippen molar-refractivity contribution in [3.05, 3.63) is 29.3 Å². The Hall–Kier alpha value is -1.62. The van der Waals surface area contributed by atoms with E-state index in [0.29, 0.717) is 11.7 Å². The molecule has 4 nitrogen and oxygen atoms in total. The molecule has 0 bridgehead atoms. The molecule has 1 rings (SSSR count). The largest absolute Gasteiger partial charge is 0.464 e. The smallest absolute Gasteiger partial charge is 0.325 e. The number of hydrogen-bond acceptors (Lipinski definition) is 3. The van der Waals surface area contributed by atoms with Gasteiger partial charge in [-0.1, -0.05) is 25.8 Å². The van der Waals surface area contributed by atoms with Crippen LogP contribution in [0.4, 0.5) is 5.69 Å². The van der Waals surface area contributed by atoms with Gasteiger partial charge in [0.15, 0.2) is 5.11 Å². The number of nitrogens with one attached hydrogen (secondary N) is 2. The minimum Gasteiger partial charge on any atom is -0.464 e. The highest BCUT2D eigenvalue weighted by atomic mass is 32.1. The highest BCUT2D eigenvalue weighted by Gasteiger charge is 2.04. The molecule has 1 aromatic carbocycles. The average molecular weight is 308 g/mol. The van der Waals surface area contributed by atoms with Crippen LogP contribution >= 0.6 is 12.2 Å². The highest BCUT2D eigenvalue weighted by molar-refractivity contribution is 7.80. The van der Waals surface area contributed by atoms with Gasteiger partial charge in [0.2, 0.25) is 0 Å². The lowest BCUT2D eigenvalue weighted by molar-refractivity contribution is -0.142. The number of ether oxygens (including phenoxy) is 1. The van der Waals surface area contributed by atoms with Crippen molar-refractivity contribution in [2.24, 2.45) is 0 Å². The predicted molar refractivity (Wildman–Crippen MR) is 90.6 cm³/mol. The van der Waals surface area contributed by atoms with Gasteiger partial charge in [-0.2, -0.15) is 0 Å². The number of hydrogen-bond donors (Lipinski definition) is 2. The zero-order valence-corrected chi connectivity index (χ0v) is 13.8. The summed E-state index contributed by atoms with van der Waals surface area (Å²) in [6, 6.07) is 6.01. The Morgan fingerprint density at radius 3 is 2.67 bits per heavy atom. The van der Waals surface area contributed by atoms with Crippen LogP contribution in [0.5, 0.6) is 0 Å². The molecule has 5 heteroatoms. The molecule has 0 amide bonds. The molecule has 0 saturated carbocycles. The van der Waals surface area contributed by atoms with Gasteiger partial charge >= 0.3 is 5.97 Å². The van der Waals surface area contributed by atoms with E-state index >= 15 is 0 Å². The number of aryl methyl sites for hydroxylation is 2. The Labute approximate surface area is 132 Å². The summed E-state index contributed by atoms with van der Waals surface area (Å²) in [6.07, 6.45) is 3.10. The summed E-state index contributed by atoms with van der Waals surface area (Å²) in [7, 11) is 0. The second-order valence-electron chi connectivity index (χ2n) is 5.03. The van der Waals surface area contributed by atoms with Crippen LogP contribution in [0.1, 0.15) is 37.3 Å². The van der Waals surface area contributed by atoms with Crippen molar-refractivity contribution in [3.8, 4) is 0 Å². The maximum absolute atomic E-state index is 11.5. The average Bonchev–Trinajstić information content (AvgIpc) is 2.45. The molecule has 0 fully saturated rings. The molecule has 21 heavy (non-hydrogen) atoms. The van der Waals surface area contributed by atoms with Crippen LogP contribution in [0.2, 0.25) is 0 Å². The minimum absolute atomic E-state index is 0.0861. The monoisotopic (exact) mass is 308 g/mol. The fraction of sp³-hybridized carbons (Fsp3) is 0.500. The first-order valence-electron chi connectivity index (χ1n) is 7.30. The van der Waals surface area contributed by atoms with Gasteiger partial charge in [0.05, 0.1) is 6.61 Å². The van der Waals surface area contributed by atoms with Crippen molar-refractivity contribution in [2.45, 2.75) is 40.0 Å². The van der Waals surface area contributed by atoms with Crippen molar-refractivity contribution in [2.75, 3.05) is 18.5 Å². The number of thiocarbonyl (C=S) groups is 1. The molecule has 0 unspecified atom stereocenters. The van der Waals surface area contributed by atoms with Crippen LogP contribution < -0.4 is 10.6 Å². The predicted octanol–water partition coefficient (Wildman–Crippen LogP) is 3.32. The molecule has 0 aliphatic heterocycles. The SMILES string of the molecule is CCCCCOC(=O)CNC(=S)Nc1ccc(C)c(C)c1. The van der Waals surface area contributed by atoms with E-state index in [9.17, 15) is 4.79 Å². The maximum atomic E-state index is 11.5. The van der Waals surface area contributed by atoms with Crippen LogP contribution in [-0.2, 0) is 9.53 Å². The Bertz CT molecular complexity index is 489. The lowest BCUT2D eigenvalue weighted by Crippen LogP contribution is -2.34. The lowest BCUT2D eigenvalue weighted by atomic mass is 10.1. The lowest BCUT2D eigenvalue weighted by Gasteiger charge is -2.11. The first-order chi connectivity index (χ1) is 10.0. The van der Waals surface area contributed by atoms with E-state index in [1.54, 1.807) is 0 Å². The number of benzene rings is 1. The Balaban J connectivity index is 2.27. The zero-order chi connectivity index (χ0) is 15.7. The van der Waals surface area contributed by atoms with Crippen molar-refractivity contribution in [1.29, 1.82) is 0 Å². The van der Waals surface area contributed by atoms with E-state index < -0.39 is 0 Å². The van der Waals surface area contributed by atoms with E-state index in [-0.39, 0.29) is 12.5 Å². The van der Waals surface area contributed by atoms with Crippen LogP contribution in [0.25, 0.3) is 0 Å². The summed E-state index contributed by atoms with van der Waals surface area (Å²) in [6.45, 7) is 6.78. The fourth-order valence-electron chi connectivity index (χ4n) is 1.74. The number of carbonyl (C=O) groups excluding carboxylic acids is 1. The van der Waals surface area contributed by atoms with Gasteiger partial charge < -0.3 is 15.4 Å². The molecule has 0 aliphatic carbocycles. The van der Waals surface area contributed by atoms with Gasteiger partial charge in [0.25, 0.3) is 0 Å². The van der Waals surface area contributed by atoms with Crippen LogP contribution in [0, 0.1) is 13.8 Å². The summed E-state index contributed by atoms with van der Waals surface area (Å²) < 4.78 is 5.09. The van der Waals surface area contributed by atoms with E-state index in [2.05, 4.69) is 24.5 Å². The van der Waals surface area contributed by atoms with Gasteiger partial charge in [-0.05, 0) is 55.7 Å². The van der Waals surface area contributed by atoms with Crippen molar-refractivity contribution < 1.29 is 9.53 Å². The quantitative estimate of drug-likeness (QED) is 0.460.